The van der Waals surface area contributed by atoms with Crippen LogP contribution >= 0.6 is 0 Å². The highest BCUT2D eigenvalue weighted by molar-refractivity contribution is 6.40. The van der Waals surface area contributed by atoms with Gasteiger partial charge in [0.25, 0.3) is 0 Å². The highest BCUT2D eigenvalue weighted by Crippen LogP contribution is 1.99. The molecule has 96 valence electrons. The van der Waals surface area contributed by atoms with Crippen molar-refractivity contribution in [3.8, 4) is 0 Å². The van der Waals surface area contributed by atoms with Gasteiger partial charge in [-0.15, -0.1) is 0 Å². The Kier molecular flexibility index (Phi) is 6.77. The van der Waals surface area contributed by atoms with E-state index >= 15 is 0 Å². The minimum atomic E-state index is -0.770. The smallest absolute Gasteiger partial charge is 0.306 e. The van der Waals surface area contributed by atoms with Gasteiger partial charge in [0.1, 0.15) is 0 Å². The van der Waals surface area contributed by atoms with Gasteiger partial charge in [0, 0.05) is 20.5 Å². The van der Waals surface area contributed by atoms with Gasteiger partial charge in [0.15, 0.2) is 5.78 Å². The Morgan fingerprint density at radius 3 is 2.06 bits per heavy atom. The normalized spacial score (nSPS) is 9.59. The van der Waals surface area contributed by atoms with Gasteiger partial charge in [-0.2, -0.15) is 0 Å². The van der Waals surface area contributed by atoms with E-state index in [1.165, 1.54) is 19.0 Å². The lowest BCUT2D eigenvalue weighted by atomic mass is 10.1. The van der Waals surface area contributed by atoms with Gasteiger partial charge in [-0.3, -0.25) is 19.2 Å². The van der Waals surface area contributed by atoms with E-state index in [1.54, 1.807) is 6.92 Å². The molecule has 0 rings (SSSR count). The molecule has 6 nitrogen and oxygen atoms in total. The summed E-state index contributed by atoms with van der Waals surface area (Å²) in [5, 5.41) is 0. The highest BCUT2D eigenvalue weighted by atomic mass is 16.5. The number of hydrogen-bond acceptors (Lipinski definition) is 5. The molecule has 0 aliphatic heterocycles. The summed E-state index contributed by atoms with van der Waals surface area (Å²) in [5.41, 5.74) is 0. The fourth-order valence-electron chi connectivity index (χ4n) is 0.982. The topological polar surface area (TPSA) is 80.8 Å². The van der Waals surface area contributed by atoms with Crippen molar-refractivity contribution in [1.82, 2.24) is 4.90 Å². The van der Waals surface area contributed by atoms with E-state index in [1.807, 2.05) is 0 Å². The Labute approximate surface area is 99.9 Å². The monoisotopic (exact) mass is 243 g/mol. The number of ketones is 2. The van der Waals surface area contributed by atoms with Gasteiger partial charge in [-0.25, -0.2) is 0 Å². The fourth-order valence-corrected chi connectivity index (χ4v) is 0.982. The SMILES string of the molecule is CCOC(=O)CCC(=O)C(=O)CC(=O)N(C)C. The van der Waals surface area contributed by atoms with E-state index in [-0.39, 0.29) is 19.4 Å². The summed E-state index contributed by atoms with van der Waals surface area (Å²) < 4.78 is 4.61. The number of rotatable bonds is 7. The molecule has 0 aliphatic rings. The maximum absolute atomic E-state index is 11.3. The van der Waals surface area contributed by atoms with Crippen molar-refractivity contribution in [3.05, 3.63) is 0 Å². The molecule has 1 amide bonds. The summed E-state index contributed by atoms with van der Waals surface area (Å²) in [4.78, 5) is 45.9. The fraction of sp³-hybridized carbons (Fsp3) is 0.636. The first-order valence-electron chi connectivity index (χ1n) is 5.30. The molecule has 0 fully saturated rings. The molecule has 0 unspecified atom stereocenters. The maximum Gasteiger partial charge on any atom is 0.306 e. The van der Waals surface area contributed by atoms with Crippen molar-refractivity contribution in [2.45, 2.75) is 26.2 Å². The van der Waals surface area contributed by atoms with Crippen molar-refractivity contribution >= 4 is 23.4 Å². The van der Waals surface area contributed by atoms with E-state index < -0.39 is 29.9 Å². The van der Waals surface area contributed by atoms with Crippen LogP contribution in [0.2, 0.25) is 0 Å². The number of hydrogen-bond donors (Lipinski definition) is 0. The third-order valence-electron chi connectivity index (χ3n) is 1.98. The third-order valence-corrected chi connectivity index (χ3v) is 1.98. The predicted molar refractivity (Wildman–Crippen MR) is 59.2 cm³/mol. The van der Waals surface area contributed by atoms with E-state index in [4.69, 9.17) is 0 Å². The van der Waals surface area contributed by atoms with E-state index in [0.717, 1.165) is 0 Å². The lowest BCUT2D eigenvalue weighted by Crippen LogP contribution is -2.27. The number of Topliss-reactive ketones (excluding diaryl/α,β-unsaturated/α-hetero) is 2. The van der Waals surface area contributed by atoms with E-state index in [0.29, 0.717) is 0 Å². The third kappa shape index (κ3) is 6.44. The second-order valence-electron chi connectivity index (χ2n) is 3.62. The first-order valence-corrected chi connectivity index (χ1v) is 5.30. The summed E-state index contributed by atoms with van der Waals surface area (Å²) >= 11 is 0. The summed E-state index contributed by atoms with van der Waals surface area (Å²) in [6.45, 7) is 1.89. The van der Waals surface area contributed by atoms with Crippen molar-refractivity contribution in [3.63, 3.8) is 0 Å². The van der Waals surface area contributed by atoms with Crippen LogP contribution in [0.4, 0.5) is 0 Å². The van der Waals surface area contributed by atoms with Gasteiger partial charge in [-0.1, -0.05) is 0 Å². The van der Waals surface area contributed by atoms with Crippen LogP contribution in [0.3, 0.4) is 0 Å². The highest BCUT2D eigenvalue weighted by Gasteiger charge is 2.19. The van der Waals surface area contributed by atoms with Crippen LogP contribution in [0.15, 0.2) is 0 Å². The molecule has 0 aliphatic carbocycles. The number of nitrogens with zero attached hydrogens (tertiary/aromatic N) is 1. The Bertz CT molecular complexity index is 322. The van der Waals surface area contributed by atoms with Crippen LogP contribution in [0.5, 0.6) is 0 Å². The molecule has 0 aromatic rings. The summed E-state index contributed by atoms with van der Waals surface area (Å²) in [7, 11) is 3.00. The zero-order chi connectivity index (χ0) is 13.4. The Morgan fingerprint density at radius 2 is 1.59 bits per heavy atom. The first-order chi connectivity index (χ1) is 7.88. The first kappa shape index (κ1) is 15.3. The lowest BCUT2D eigenvalue weighted by Gasteiger charge is -2.08. The van der Waals surface area contributed by atoms with Crippen LogP contribution in [0.1, 0.15) is 26.2 Å². The van der Waals surface area contributed by atoms with E-state index in [2.05, 4.69) is 4.74 Å². The molecule has 0 heterocycles. The molecule has 17 heavy (non-hydrogen) atoms. The average molecular weight is 243 g/mol. The van der Waals surface area contributed by atoms with Crippen molar-refractivity contribution in [2.75, 3.05) is 20.7 Å². The van der Waals surface area contributed by atoms with Crippen molar-refractivity contribution in [2.24, 2.45) is 0 Å². The molecule has 0 N–H and O–H groups in total. The minimum Gasteiger partial charge on any atom is -0.466 e. The molecule has 0 saturated carbocycles. The van der Waals surface area contributed by atoms with Crippen LogP contribution in [-0.2, 0) is 23.9 Å². The largest absolute Gasteiger partial charge is 0.466 e. The quantitative estimate of drug-likeness (QED) is 0.355. The van der Waals surface area contributed by atoms with Crippen LogP contribution in [-0.4, -0.2) is 49.0 Å². The molecule has 0 bridgehead atoms. The van der Waals surface area contributed by atoms with Gasteiger partial charge >= 0.3 is 5.97 Å². The molecule has 0 aromatic heterocycles. The molecular weight excluding hydrogens is 226 g/mol. The maximum atomic E-state index is 11.3. The Hall–Kier alpha value is -1.72. The van der Waals surface area contributed by atoms with Crippen molar-refractivity contribution in [1.29, 1.82) is 0 Å². The van der Waals surface area contributed by atoms with Crippen molar-refractivity contribution < 1.29 is 23.9 Å². The second-order valence-corrected chi connectivity index (χ2v) is 3.62. The standard InChI is InChI=1S/C11H17NO5/c1-4-17-11(16)6-5-8(13)9(14)7-10(15)12(2)3/h4-7H2,1-3H3. The Balaban J connectivity index is 4.03. The summed E-state index contributed by atoms with van der Waals surface area (Å²) in [6, 6.07) is 0. The molecule has 0 spiro atoms. The van der Waals surface area contributed by atoms with E-state index in [9.17, 15) is 19.2 Å². The molecule has 6 heteroatoms. The summed E-state index contributed by atoms with van der Waals surface area (Å²) in [6.07, 6.45) is -0.790. The minimum absolute atomic E-state index is 0.130. The molecule has 0 atom stereocenters. The van der Waals surface area contributed by atoms with Gasteiger partial charge in [0.05, 0.1) is 19.4 Å². The molecule has 0 radical (unpaired) electrons. The second kappa shape index (κ2) is 7.54. The number of carbonyl (C=O) groups excluding carboxylic acids is 4. The number of carbonyl (C=O) groups is 4. The van der Waals surface area contributed by atoms with Crippen LogP contribution in [0, 0.1) is 0 Å². The lowest BCUT2D eigenvalue weighted by molar-refractivity contribution is -0.145. The predicted octanol–water partition coefficient (Wildman–Crippen LogP) is -0.0538. The molecule has 0 saturated heterocycles. The Morgan fingerprint density at radius 1 is 1.00 bits per heavy atom. The number of ether oxygens (including phenoxy) is 1. The molecule has 0 aromatic carbocycles. The molecular formula is C11H17NO5. The van der Waals surface area contributed by atoms with Crippen LogP contribution in [0.25, 0.3) is 0 Å². The summed E-state index contributed by atoms with van der Waals surface area (Å²) in [5.74, 6) is -2.44. The number of esters is 1. The van der Waals surface area contributed by atoms with Gasteiger partial charge in [0.2, 0.25) is 11.7 Å². The zero-order valence-electron chi connectivity index (χ0n) is 10.3. The van der Waals surface area contributed by atoms with Crippen LogP contribution < -0.4 is 0 Å². The van der Waals surface area contributed by atoms with Gasteiger partial charge in [-0.05, 0) is 6.92 Å². The number of amides is 1. The van der Waals surface area contributed by atoms with Gasteiger partial charge < -0.3 is 9.64 Å². The zero-order valence-corrected chi connectivity index (χ0v) is 10.3. The average Bonchev–Trinajstić information content (AvgIpc) is 2.25.